The Hall–Kier alpha value is -2.28. The highest BCUT2D eigenvalue weighted by molar-refractivity contribution is 5.73. The Labute approximate surface area is 137 Å². The van der Waals surface area contributed by atoms with E-state index >= 15 is 0 Å². The first-order chi connectivity index (χ1) is 11.1. The molecule has 0 saturated heterocycles. The molecule has 0 amide bonds. The van der Waals surface area contributed by atoms with Crippen LogP contribution >= 0.6 is 0 Å². The van der Waals surface area contributed by atoms with Crippen LogP contribution < -0.4 is 0 Å². The summed E-state index contributed by atoms with van der Waals surface area (Å²) in [6, 6.07) is 0. The van der Waals surface area contributed by atoms with Crippen LogP contribution in [0, 0.1) is 0 Å². The first kappa shape index (κ1) is 24.0. The van der Waals surface area contributed by atoms with Crippen molar-refractivity contribution in [3.05, 3.63) is 0 Å². The minimum atomic E-state index is -1.23. The summed E-state index contributed by atoms with van der Waals surface area (Å²) in [5.74, 6) is -4.91. The molecule has 0 aliphatic carbocycles. The van der Waals surface area contributed by atoms with E-state index in [1.807, 2.05) is 0 Å². The summed E-state index contributed by atoms with van der Waals surface area (Å²) in [6.07, 6.45) is 0. The molecule has 12 heteroatoms. The molecule has 0 radical (unpaired) electrons. The van der Waals surface area contributed by atoms with E-state index in [4.69, 9.17) is 30.6 Å². The zero-order valence-corrected chi connectivity index (χ0v) is 12.9. The predicted octanol–water partition coefficient (Wildman–Crippen LogP) is -3.10. The van der Waals surface area contributed by atoms with Gasteiger partial charge in [-0.15, -0.1) is 0 Å². The number of carbonyl (C=O) groups is 4. The Kier molecular flexibility index (Phi) is 14.3. The van der Waals surface area contributed by atoms with Gasteiger partial charge in [0.25, 0.3) is 0 Å². The molecule has 0 rings (SSSR count). The van der Waals surface area contributed by atoms with E-state index in [9.17, 15) is 19.2 Å². The van der Waals surface area contributed by atoms with Crippen LogP contribution in [0.3, 0.4) is 0 Å². The molecular weight excluding hydrogens is 332 g/mol. The molecule has 12 nitrogen and oxygen atoms in total. The molecule has 0 heterocycles. The van der Waals surface area contributed by atoms with E-state index in [1.54, 1.807) is 0 Å². The molecule has 0 aliphatic heterocycles. The quantitative estimate of drug-likeness (QED) is 0.207. The number of aliphatic hydroxyl groups excluding tert-OH is 2. The maximum Gasteiger partial charge on any atom is 0.317 e. The summed E-state index contributed by atoms with van der Waals surface area (Å²) in [6.45, 7) is -2.50. The number of carboxylic acids is 4. The molecule has 24 heavy (non-hydrogen) atoms. The molecular formula is C12H22N2O10. The Morgan fingerprint density at radius 3 is 0.875 bits per heavy atom. The summed E-state index contributed by atoms with van der Waals surface area (Å²) in [5.41, 5.74) is 0. The molecule has 140 valence electrons. The van der Waals surface area contributed by atoms with E-state index in [2.05, 4.69) is 0 Å². The summed E-state index contributed by atoms with van der Waals surface area (Å²) < 4.78 is 0. The van der Waals surface area contributed by atoms with Crippen molar-refractivity contribution in [1.29, 1.82) is 0 Å². The minimum absolute atomic E-state index is 0.0703. The van der Waals surface area contributed by atoms with Gasteiger partial charge in [0.05, 0.1) is 39.4 Å². The molecule has 0 aromatic heterocycles. The van der Waals surface area contributed by atoms with Crippen molar-refractivity contribution >= 4 is 23.9 Å². The zero-order valence-electron chi connectivity index (χ0n) is 12.9. The normalized spacial score (nSPS) is 10.2. The Balaban J connectivity index is 0. The number of carboxylic acid groups (broad SMARTS) is 4. The molecule has 0 aliphatic rings. The van der Waals surface area contributed by atoms with Gasteiger partial charge in [-0.25, -0.2) is 0 Å². The van der Waals surface area contributed by atoms with Gasteiger partial charge in [-0.1, -0.05) is 0 Å². The van der Waals surface area contributed by atoms with Crippen molar-refractivity contribution in [2.75, 3.05) is 52.5 Å². The fraction of sp³-hybridized carbons (Fsp3) is 0.667. The minimum Gasteiger partial charge on any atom is -0.480 e. The largest absolute Gasteiger partial charge is 0.480 e. The molecule has 0 aromatic rings. The zero-order chi connectivity index (χ0) is 19.1. The van der Waals surface area contributed by atoms with Gasteiger partial charge in [0.15, 0.2) is 0 Å². The lowest BCUT2D eigenvalue weighted by Gasteiger charge is -2.23. The number of nitrogens with zero attached hydrogens (tertiary/aromatic N) is 2. The maximum absolute atomic E-state index is 10.6. The van der Waals surface area contributed by atoms with E-state index in [1.165, 1.54) is 0 Å². The second-order valence-electron chi connectivity index (χ2n) is 4.44. The molecule has 0 bridgehead atoms. The summed E-state index contributed by atoms with van der Waals surface area (Å²) in [5, 5.41) is 49.7. The average molecular weight is 354 g/mol. The van der Waals surface area contributed by atoms with Gasteiger partial charge in [-0.05, 0) is 0 Å². The maximum atomic E-state index is 10.6. The monoisotopic (exact) mass is 354 g/mol. The summed E-state index contributed by atoms with van der Waals surface area (Å²) in [4.78, 5) is 44.4. The first-order valence-corrected chi connectivity index (χ1v) is 6.65. The van der Waals surface area contributed by atoms with Gasteiger partial charge in [0.1, 0.15) is 0 Å². The molecule has 0 spiro atoms. The van der Waals surface area contributed by atoms with Crippen LogP contribution in [-0.2, 0) is 19.2 Å². The van der Waals surface area contributed by atoms with E-state index < -0.39 is 50.1 Å². The smallest absolute Gasteiger partial charge is 0.317 e. The fourth-order valence-corrected chi connectivity index (χ4v) is 1.48. The average Bonchev–Trinajstić information content (AvgIpc) is 2.42. The Morgan fingerprint density at radius 1 is 0.542 bits per heavy atom. The molecule has 0 fully saturated rings. The van der Waals surface area contributed by atoms with Gasteiger partial charge >= 0.3 is 23.9 Å². The summed E-state index contributed by atoms with van der Waals surface area (Å²) in [7, 11) is 0. The van der Waals surface area contributed by atoms with Gasteiger partial charge in [-0.3, -0.25) is 29.0 Å². The van der Waals surface area contributed by atoms with Crippen molar-refractivity contribution < 1.29 is 49.8 Å². The van der Waals surface area contributed by atoms with Crippen LogP contribution in [0.25, 0.3) is 0 Å². The van der Waals surface area contributed by atoms with Crippen LogP contribution in [0.1, 0.15) is 0 Å². The van der Waals surface area contributed by atoms with Crippen LogP contribution in [0.5, 0.6) is 0 Å². The molecule has 0 aromatic carbocycles. The molecule has 6 N–H and O–H groups in total. The standard InChI is InChI=1S/C10H16N2O8.C2H6O2/c13-7(14)3-11(4-8(15)16)1-2-12(5-9(17)18)6-10(19)20;3-1-2-4/h1-6H2,(H,13,14)(H,15,16)(H,17,18)(H,19,20);3-4H,1-2H2. The fourth-order valence-electron chi connectivity index (χ4n) is 1.48. The Bertz CT molecular complexity index is 345. The number of aliphatic carboxylic acids is 4. The van der Waals surface area contributed by atoms with Crippen LogP contribution in [0.2, 0.25) is 0 Å². The van der Waals surface area contributed by atoms with E-state index in [0.717, 1.165) is 9.80 Å². The van der Waals surface area contributed by atoms with Crippen LogP contribution in [0.15, 0.2) is 0 Å². The highest BCUT2D eigenvalue weighted by Crippen LogP contribution is 1.94. The highest BCUT2D eigenvalue weighted by Gasteiger charge is 2.17. The topological polar surface area (TPSA) is 196 Å². The third-order valence-electron chi connectivity index (χ3n) is 2.27. The molecule has 0 atom stereocenters. The number of hydrogen-bond donors (Lipinski definition) is 6. The van der Waals surface area contributed by atoms with E-state index in [-0.39, 0.29) is 26.3 Å². The second-order valence-corrected chi connectivity index (χ2v) is 4.44. The SMILES string of the molecule is O=C(O)CN(CCN(CC(=O)O)CC(=O)O)CC(=O)O.OCCO. The second kappa shape index (κ2) is 14.3. The van der Waals surface area contributed by atoms with Crippen LogP contribution in [-0.4, -0.2) is 117 Å². The highest BCUT2D eigenvalue weighted by atomic mass is 16.4. The lowest BCUT2D eigenvalue weighted by molar-refractivity contribution is -0.145. The lowest BCUT2D eigenvalue weighted by atomic mass is 10.4. The molecule has 0 unspecified atom stereocenters. The van der Waals surface area contributed by atoms with Gasteiger partial charge < -0.3 is 30.6 Å². The third-order valence-corrected chi connectivity index (χ3v) is 2.27. The summed E-state index contributed by atoms with van der Waals surface area (Å²) >= 11 is 0. The number of hydrogen-bond acceptors (Lipinski definition) is 8. The number of rotatable bonds is 12. The van der Waals surface area contributed by atoms with Gasteiger partial charge in [0.2, 0.25) is 0 Å². The van der Waals surface area contributed by atoms with E-state index in [0.29, 0.717) is 0 Å². The lowest BCUT2D eigenvalue weighted by Crippen LogP contribution is -2.43. The molecule has 0 saturated carbocycles. The van der Waals surface area contributed by atoms with Crippen LogP contribution in [0.4, 0.5) is 0 Å². The van der Waals surface area contributed by atoms with Gasteiger partial charge in [0, 0.05) is 13.1 Å². The van der Waals surface area contributed by atoms with Crippen molar-refractivity contribution in [3.8, 4) is 0 Å². The van der Waals surface area contributed by atoms with Crippen molar-refractivity contribution in [2.24, 2.45) is 0 Å². The van der Waals surface area contributed by atoms with Gasteiger partial charge in [-0.2, -0.15) is 0 Å². The van der Waals surface area contributed by atoms with Crippen molar-refractivity contribution in [3.63, 3.8) is 0 Å². The predicted molar refractivity (Wildman–Crippen MR) is 77.6 cm³/mol. The van der Waals surface area contributed by atoms with Crippen molar-refractivity contribution in [2.45, 2.75) is 0 Å². The number of aliphatic hydroxyl groups is 2. The third kappa shape index (κ3) is 17.8. The first-order valence-electron chi connectivity index (χ1n) is 6.65. The van der Waals surface area contributed by atoms with Crippen molar-refractivity contribution in [1.82, 2.24) is 9.80 Å². The Morgan fingerprint density at radius 2 is 0.750 bits per heavy atom.